The molecule has 0 radical (unpaired) electrons. The van der Waals surface area contributed by atoms with Crippen LogP contribution >= 0.6 is 0 Å². The van der Waals surface area contributed by atoms with Gasteiger partial charge in [0.15, 0.2) is 0 Å². The molecule has 0 bridgehead atoms. The lowest BCUT2D eigenvalue weighted by molar-refractivity contribution is 0.348. The summed E-state index contributed by atoms with van der Waals surface area (Å²) in [5.41, 5.74) is 0.611. The molecule has 1 fully saturated rings. The Hall–Kier alpha value is -0.0400. The molecule has 1 aliphatic rings. The van der Waals surface area contributed by atoms with E-state index in [4.69, 9.17) is 0 Å². The van der Waals surface area contributed by atoms with Crippen molar-refractivity contribution >= 4 is 0 Å². The smallest absolute Gasteiger partial charge is 0.0103 e. The van der Waals surface area contributed by atoms with E-state index in [1.165, 1.54) is 25.8 Å². The summed E-state index contributed by atoms with van der Waals surface area (Å²) in [6.07, 6.45) is 4.01. The van der Waals surface area contributed by atoms with Gasteiger partial charge in [0.05, 0.1) is 0 Å². The molecule has 0 aromatic heterocycles. The molecule has 84 valence electrons. The van der Waals surface area contributed by atoms with Gasteiger partial charge in [-0.1, -0.05) is 34.6 Å². The molecular weight excluding hydrogens is 170 g/mol. The maximum absolute atomic E-state index is 3.72. The molecule has 14 heavy (non-hydrogen) atoms. The van der Waals surface area contributed by atoms with Gasteiger partial charge in [-0.25, -0.2) is 0 Å². The van der Waals surface area contributed by atoms with Gasteiger partial charge < -0.3 is 5.32 Å². The summed E-state index contributed by atoms with van der Waals surface area (Å²) in [4.78, 5) is 0. The minimum absolute atomic E-state index is 0.611. The topological polar surface area (TPSA) is 12.0 Å². The second-order valence-electron chi connectivity index (χ2n) is 5.99. The largest absolute Gasteiger partial charge is 0.314 e. The molecule has 0 aliphatic heterocycles. The van der Waals surface area contributed by atoms with Crippen LogP contribution in [-0.2, 0) is 0 Å². The lowest BCUT2D eigenvalue weighted by atomic mass is 9.95. The summed E-state index contributed by atoms with van der Waals surface area (Å²) in [7, 11) is 0. The fourth-order valence-electron chi connectivity index (χ4n) is 2.42. The van der Waals surface area contributed by atoms with Gasteiger partial charge >= 0.3 is 0 Å². The van der Waals surface area contributed by atoms with E-state index in [1.54, 1.807) is 0 Å². The van der Waals surface area contributed by atoms with Crippen molar-refractivity contribution in [3.8, 4) is 0 Å². The number of rotatable bonds is 6. The maximum Gasteiger partial charge on any atom is 0.0103 e. The van der Waals surface area contributed by atoms with Gasteiger partial charge in [-0.05, 0) is 43.1 Å². The molecule has 1 nitrogen and oxygen atoms in total. The minimum atomic E-state index is 0.611. The first kappa shape index (κ1) is 12.0. The molecule has 0 aromatic carbocycles. The van der Waals surface area contributed by atoms with Crippen LogP contribution in [0.1, 0.15) is 53.9 Å². The Morgan fingerprint density at radius 2 is 1.93 bits per heavy atom. The molecule has 1 rings (SSSR count). The summed E-state index contributed by atoms with van der Waals surface area (Å²) in [5, 5.41) is 3.72. The Bertz CT molecular complexity index is 172. The fourth-order valence-corrected chi connectivity index (χ4v) is 2.42. The van der Waals surface area contributed by atoms with Crippen LogP contribution in [0.25, 0.3) is 0 Å². The number of hydrogen-bond donors (Lipinski definition) is 1. The van der Waals surface area contributed by atoms with Gasteiger partial charge in [-0.3, -0.25) is 0 Å². The quantitative estimate of drug-likeness (QED) is 0.688. The predicted molar refractivity (Wildman–Crippen MR) is 63.4 cm³/mol. The van der Waals surface area contributed by atoms with Crippen molar-refractivity contribution in [2.24, 2.45) is 17.3 Å². The Labute approximate surface area is 89.7 Å². The van der Waals surface area contributed by atoms with Gasteiger partial charge in [-0.15, -0.1) is 0 Å². The zero-order chi connectivity index (χ0) is 10.8. The maximum atomic E-state index is 3.72. The molecule has 2 unspecified atom stereocenters. The van der Waals surface area contributed by atoms with Crippen LogP contribution in [0.4, 0.5) is 0 Å². The monoisotopic (exact) mass is 197 g/mol. The zero-order valence-electron chi connectivity index (χ0n) is 10.6. The van der Waals surface area contributed by atoms with E-state index in [0.717, 1.165) is 17.9 Å². The van der Waals surface area contributed by atoms with Crippen molar-refractivity contribution in [1.29, 1.82) is 0 Å². The lowest BCUT2D eigenvalue weighted by Gasteiger charge is -2.22. The highest BCUT2D eigenvalue weighted by atomic mass is 14.9. The first-order valence-corrected chi connectivity index (χ1v) is 6.20. The highest BCUT2D eigenvalue weighted by molar-refractivity contribution is 5.01. The van der Waals surface area contributed by atoms with Crippen LogP contribution in [0.2, 0.25) is 0 Å². The Kier molecular flexibility index (Phi) is 4.00. The molecule has 1 N–H and O–H groups in total. The fraction of sp³-hybridized carbons (Fsp3) is 1.00. The van der Waals surface area contributed by atoms with Gasteiger partial charge in [0.2, 0.25) is 0 Å². The summed E-state index contributed by atoms with van der Waals surface area (Å²) in [5.74, 6) is 1.75. The molecule has 1 aliphatic carbocycles. The van der Waals surface area contributed by atoms with Crippen LogP contribution in [0.3, 0.4) is 0 Å². The van der Waals surface area contributed by atoms with Crippen molar-refractivity contribution in [2.45, 2.75) is 59.9 Å². The Balaban J connectivity index is 2.38. The van der Waals surface area contributed by atoms with Gasteiger partial charge in [0.25, 0.3) is 0 Å². The average Bonchev–Trinajstić information content (AvgIpc) is 2.68. The molecule has 0 aromatic rings. The van der Waals surface area contributed by atoms with Gasteiger partial charge in [0, 0.05) is 6.04 Å². The summed E-state index contributed by atoms with van der Waals surface area (Å²) in [6, 6.07) is 0.768. The molecule has 0 spiro atoms. The van der Waals surface area contributed by atoms with Crippen molar-refractivity contribution in [2.75, 3.05) is 6.54 Å². The SMILES string of the molecule is CCCNC(CC(C)C)C1CC1(C)C. The zero-order valence-corrected chi connectivity index (χ0v) is 10.6. The van der Waals surface area contributed by atoms with Crippen molar-refractivity contribution in [3.05, 3.63) is 0 Å². The van der Waals surface area contributed by atoms with Crippen molar-refractivity contribution < 1.29 is 0 Å². The summed E-state index contributed by atoms with van der Waals surface area (Å²) < 4.78 is 0. The molecule has 0 amide bonds. The van der Waals surface area contributed by atoms with E-state index in [1.807, 2.05) is 0 Å². The average molecular weight is 197 g/mol. The first-order valence-electron chi connectivity index (χ1n) is 6.20. The molecule has 0 saturated heterocycles. The second kappa shape index (κ2) is 4.65. The Morgan fingerprint density at radius 1 is 1.36 bits per heavy atom. The van der Waals surface area contributed by atoms with Crippen LogP contribution in [-0.4, -0.2) is 12.6 Å². The third-order valence-electron chi connectivity index (χ3n) is 3.46. The van der Waals surface area contributed by atoms with Crippen LogP contribution in [0.15, 0.2) is 0 Å². The Morgan fingerprint density at radius 3 is 2.29 bits per heavy atom. The number of nitrogens with one attached hydrogen (secondary N) is 1. The van der Waals surface area contributed by atoms with E-state index in [0.29, 0.717) is 5.41 Å². The van der Waals surface area contributed by atoms with E-state index in [2.05, 4.69) is 39.9 Å². The molecule has 1 heteroatoms. The van der Waals surface area contributed by atoms with E-state index < -0.39 is 0 Å². The van der Waals surface area contributed by atoms with Gasteiger partial charge in [0.1, 0.15) is 0 Å². The number of hydrogen-bond acceptors (Lipinski definition) is 1. The summed E-state index contributed by atoms with van der Waals surface area (Å²) in [6.45, 7) is 12.9. The second-order valence-corrected chi connectivity index (χ2v) is 5.99. The third-order valence-corrected chi connectivity index (χ3v) is 3.46. The van der Waals surface area contributed by atoms with E-state index in [9.17, 15) is 0 Å². The molecule has 0 heterocycles. The van der Waals surface area contributed by atoms with Crippen LogP contribution in [0, 0.1) is 17.3 Å². The highest BCUT2D eigenvalue weighted by Gasteiger charge is 2.49. The normalized spacial score (nSPS) is 26.6. The minimum Gasteiger partial charge on any atom is -0.314 e. The first-order chi connectivity index (χ1) is 6.47. The standard InChI is InChI=1S/C13H27N/c1-6-7-14-12(8-10(2)3)11-9-13(11,4)5/h10-12,14H,6-9H2,1-5H3. The predicted octanol–water partition coefficient (Wildman–Crippen LogP) is 3.45. The third kappa shape index (κ3) is 3.27. The lowest BCUT2D eigenvalue weighted by Crippen LogP contribution is -2.34. The van der Waals surface area contributed by atoms with Crippen molar-refractivity contribution in [3.63, 3.8) is 0 Å². The van der Waals surface area contributed by atoms with Crippen LogP contribution < -0.4 is 5.32 Å². The summed E-state index contributed by atoms with van der Waals surface area (Å²) >= 11 is 0. The van der Waals surface area contributed by atoms with E-state index >= 15 is 0 Å². The van der Waals surface area contributed by atoms with Gasteiger partial charge in [-0.2, -0.15) is 0 Å². The van der Waals surface area contributed by atoms with Crippen molar-refractivity contribution in [1.82, 2.24) is 5.32 Å². The molecule has 1 saturated carbocycles. The van der Waals surface area contributed by atoms with Crippen LogP contribution in [0.5, 0.6) is 0 Å². The van der Waals surface area contributed by atoms with E-state index in [-0.39, 0.29) is 0 Å². The molecule has 2 atom stereocenters. The molecular formula is C13H27N. The highest BCUT2D eigenvalue weighted by Crippen LogP contribution is 2.54.